The van der Waals surface area contributed by atoms with E-state index >= 15 is 0 Å². The second-order valence-corrected chi connectivity index (χ2v) is 5.98. The zero-order valence-corrected chi connectivity index (χ0v) is 11.4. The lowest BCUT2D eigenvalue weighted by Gasteiger charge is -2.19. The van der Waals surface area contributed by atoms with E-state index in [0.29, 0.717) is 17.4 Å². The average molecular weight is 271 g/mol. The maximum absolute atomic E-state index is 12.6. The van der Waals surface area contributed by atoms with E-state index in [2.05, 4.69) is 27.4 Å². The third kappa shape index (κ3) is 1.79. The van der Waals surface area contributed by atoms with Crippen molar-refractivity contribution in [3.63, 3.8) is 0 Å². The van der Waals surface area contributed by atoms with Crippen molar-refractivity contribution in [1.82, 2.24) is 25.2 Å². The quantitative estimate of drug-likeness (QED) is 0.824. The summed E-state index contributed by atoms with van der Waals surface area (Å²) in [4.78, 5) is 16.9. The molecule has 6 nitrogen and oxygen atoms in total. The molecule has 4 rings (SSSR count). The number of hydrogen-bond acceptors (Lipinski definition) is 4. The Labute approximate surface area is 116 Å². The van der Waals surface area contributed by atoms with Crippen LogP contribution in [0.5, 0.6) is 0 Å². The lowest BCUT2D eigenvalue weighted by atomic mass is 10.0. The van der Waals surface area contributed by atoms with E-state index in [-0.39, 0.29) is 5.91 Å². The number of nitrogens with one attached hydrogen (secondary N) is 1. The number of hydrogen-bond donors (Lipinski definition) is 1. The molecule has 104 valence electrons. The average Bonchev–Trinajstić information content (AvgIpc) is 3.09. The number of amides is 1. The SMILES string of the molecule is CN1C[C@@H]2CN(C(=O)c3ccc4n[nH]nc4c3)C[C@@H]2C1. The van der Waals surface area contributed by atoms with E-state index < -0.39 is 0 Å². The van der Waals surface area contributed by atoms with Crippen LogP contribution < -0.4 is 0 Å². The predicted octanol–water partition coefficient (Wildman–Crippen LogP) is 0.591. The smallest absolute Gasteiger partial charge is 0.253 e. The zero-order valence-electron chi connectivity index (χ0n) is 11.4. The van der Waals surface area contributed by atoms with Gasteiger partial charge in [0.05, 0.1) is 0 Å². The minimum Gasteiger partial charge on any atom is -0.338 e. The summed E-state index contributed by atoms with van der Waals surface area (Å²) in [6, 6.07) is 5.51. The Balaban J connectivity index is 1.55. The van der Waals surface area contributed by atoms with Gasteiger partial charge in [0.2, 0.25) is 0 Å². The van der Waals surface area contributed by atoms with Gasteiger partial charge in [-0.05, 0) is 37.1 Å². The number of benzene rings is 1. The summed E-state index contributed by atoms with van der Waals surface area (Å²) in [7, 11) is 2.16. The highest BCUT2D eigenvalue weighted by atomic mass is 16.2. The second-order valence-electron chi connectivity index (χ2n) is 5.98. The molecular formula is C14H17N5O. The number of nitrogens with zero attached hydrogens (tertiary/aromatic N) is 4. The molecular weight excluding hydrogens is 254 g/mol. The molecule has 0 spiro atoms. The largest absolute Gasteiger partial charge is 0.338 e. The summed E-state index contributed by atoms with van der Waals surface area (Å²) in [6.07, 6.45) is 0. The Morgan fingerprint density at radius 1 is 1.15 bits per heavy atom. The van der Waals surface area contributed by atoms with Crippen molar-refractivity contribution in [2.75, 3.05) is 33.2 Å². The summed E-state index contributed by atoms with van der Waals surface area (Å²) >= 11 is 0. The minimum atomic E-state index is 0.118. The summed E-state index contributed by atoms with van der Waals surface area (Å²) in [5, 5.41) is 10.6. The molecule has 20 heavy (non-hydrogen) atoms. The monoisotopic (exact) mass is 271 g/mol. The van der Waals surface area contributed by atoms with Gasteiger partial charge in [0.15, 0.2) is 0 Å². The number of carbonyl (C=O) groups excluding carboxylic acids is 1. The van der Waals surface area contributed by atoms with Crippen LogP contribution in [0.4, 0.5) is 0 Å². The predicted molar refractivity (Wildman–Crippen MR) is 74.3 cm³/mol. The molecule has 1 N–H and O–H groups in total. The molecule has 2 aliphatic rings. The molecule has 2 fully saturated rings. The molecule has 1 amide bonds. The van der Waals surface area contributed by atoms with Crippen LogP contribution >= 0.6 is 0 Å². The van der Waals surface area contributed by atoms with Crippen LogP contribution in [-0.4, -0.2) is 64.3 Å². The fourth-order valence-corrected chi connectivity index (χ4v) is 3.55. The molecule has 2 saturated heterocycles. The molecule has 0 saturated carbocycles. The van der Waals surface area contributed by atoms with Crippen LogP contribution in [0.3, 0.4) is 0 Å². The normalized spacial score (nSPS) is 26.4. The topological polar surface area (TPSA) is 65.1 Å². The number of likely N-dealkylation sites (tertiary alicyclic amines) is 2. The standard InChI is InChI=1S/C14H17N5O/c1-18-5-10-7-19(8-11(10)6-18)14(20)9-2-3-12-13(4-9)16-17-15-12/h2-4,10-11H,5-8H2,1H3,(H,15,16,17)/t10-,11+. The fourth-order valence-electron chi connectivity index (χ4n) is 3.55. The van der Waals surface area contributed by atoms with E-state index in [1.807, 2.05) is 23.1 Å². The summed E-state index contributed by atoms with van der Waals surface area (Å²) in [5.74, 6) is 1.39. The second kappa shape index (κ2) is 4.28. The lowest BCUT2D eigenvalue weighted by Crippen LogP contribution is -2.32. The fraction of sp³-hybridized carbons (Fsp3) is 0.500. The lowest BCUT2D eigenvalue weighted by molar-refractivity contribution is 0.0776. The Bertz CT molecular complexity index is 652. The Morgan fingerprint density at radius 2 is 1.85 bits per heavy atom. The third-order valence-corrected chi connectivity index (χ3v) is 4.52. The van der Waals surface area contributed by atoms with Gasteiger partial charge < -0.3 is 9.80 Å². The first-order valence-corrected chi connectivity index (χ1v) is 6.99. The summed E-state index contributed by atoms with van der Waals surface area (Å²) < 4.78 is 0. The number of rotatable bonds is 1. The number of aromatic amines is 1. The Hall–Kier alpha value is -1.95. The van der Waals surface area contributed by atoms with Crippen LogP contribution in [0.2, 0.25) is 0 Å². The van der Waals surface area contributed by atoms with Gasteiger partial charge in [-0.25, -0.2) is 0 Å². The highest BCUT2D eigenvalue weighted by Crippen LogP contribution is 2.31. The Morgan fingerprint density at radius 3 is 2.60 bits per heavy atom. The highest BCUT2D eigenvalue weighted by molar-refractivity contribution is 5.97. The minimum absolute atomic E-state index is 0.118. The van der Waals surface area contributed by atoms with Gasteiger partial charge in [-0.1, -0.05) is 0 Å². The van der Waals surface area contributed by atoms with Crippen molar-refractivity contribution in [1.29, 1.82) is 0 Å². The van der Waals surface area contributed by atoms with Crippen molar-refractivity contribution >= 4 is 16.9 Å². The highest BCUT2D eigenvalue weighted by Gasteiger charge is 2.40. The van der Waals surface area contributed by atoms with Crippen molar-refractivity contribution in [2.45, 2.75) is 0 Å². The third-order valence-electron chi connectivity index (χ3n) is 4.52. The van der Waals surface area contributed by atoms with Gasteiger partial charge >= 0.3 is 0 Å². The number of carbonyl (C=O) groups is 1. The number of aromatic nitrogens is 3. The summed E-state index contributed by atoms with van der Waals surface area (Å²) in [5.41, 5.74) is 2.25. The Kier molecular flexibility index (Phi) is 2.53. The molecule has 2 aromatic rings. The van der Waals surface area contributed by atoms with Crippen LogP contribution in [0.1, 0.15) is 10.4 Å². The maximum atomic E-state index is 12.6. The molecule has 6 heteroatoms. The molecule has 0 radical (unpaired) electrons. The van der Waals surface area contributed by atoms with Crippen molar-refractivity contribution < 1.29 is 4.79 Å². The van der Waals surface area contributed by atoms with Gasteiger partial charge in [0.1, 0.15) is 11.0 Å². The molecule has 3 heterocycles. The van der Waals surface area contributed by atoms with Crippen molar-refractivity contribution in [2.24, 2.45) is 11.8 Å². The molecule has 0 unspecified atom stereocenters. The maximum Gasteiger partial charge on any atom is 0.253 e. The van der Waals surface area contributed by atoms with E-state index in [4.69, 9.17) is 0 Å². The van der Waals surface area contributed by atoms with Crippen LogP contribution in [0.25, 0.3) is 11.0 Å². The molecule has 0 aliphatic carbocycles. The van der Waals surface area contributed by atoms with Crippen molar-refractivity contribution in [3.8, 4) is 0 Å². The molecule has 2 aliphatic heterocycles. The zero-order chi connectivity index (χ0) is 13.7. The van der Waals surface area contributed by atoms with E-state index in [1.165, 1.54) is 0 Å². The first kappa shape index (κ1) is 11.8. The number of fused-ring (bicyclic) bond motifs is 2. The molecule has 1 aromatic carbocycles. The first-order chi connectivity index (χ1) is 9.70. The van der Waals surface area contributed by atoms with Gasteiger partial charge in [0.25, 0.3) is 5.91 Å². The van der Waals surface area contributed by atoms with E-state index in [1.54, 1.807) is 0 Å². The van der Waals surface area contributed by atoms with Crippen LogP contribution in [0.15, 0.2) is 18.2 Å². The molecule has 2 atom stereocenters. The number of H-pyrrole nitrogens is 1. The first-order valence-electron chi connectivity index (χ1n) is 6.99. The van der Waals surface area contributed by atoms with Crippen LogP contribution in [0, 0.1) is 11.8 Å². The molecule has 1 aromatic heterocycles. The van der Waals surface area contributed by atoms with Gasteiger partial charge in [0, 0.05) is 31.7 Å². The summed E-state index contributed by atoms with van der Waals surface area (Å²) in [6.45, 7) is 3.98. The van der Waals surface area contributed by atoms with Crippen molar-refractivity contribution in [3.05, 3.63) is 23.8 Å². The van der Waals surface area contributed by atoms with E-state index in [9.17, 15) is 4.79 Å². The van der Waals surface area contributed by atoms with Gasteiger partial charge in [-0.2, -0.15) is 15.4 Å². The van der Waals surface area contributed by atoms with Crippen LogP contribution in [-0.2, 0) is 0 Å². The molecule has 0 bridgehead atoms. The van der Waals surface area contributed by atoms with Gasteiger partial charge in [-0.3, -0.25) is 4.79 Å². The van der Waals surface area contributed by atoms with Gasteiger partial charge in [-0.15, -0.1) is 0 Å². The van der Waals surface area contributed by atoms with E-state index in [0.717, 1.165) is 37.2 Å².